The molecule has 0 aliphatic heterocycles. The standard InChI is InChI=1S/C51H29N3OS/c1-2-12-32(13-3-1)49-52-50(35-23-25-37-33(28-35)21-20-30-10-4-6-14-36(30)37)54-51(53-49)41-17-8-18-44-46(41)42-29-34(24-27-43(42)55-44)38-16-9-19-45-47(38)40-26-22-31-11-5-7-15-39(31)48(40)56-45/h1-29H. The van der Waals surface area contributed by atoms with Crippen LogP contribution in [0.15, 0.2) is 180 Å². The first-order valence-corrected chi connectivity index (χ1v) is 19.6. The Labute approximate surface area is 325 Å². The van der Waals surface area contributed by atoms with E-state index < -0.39 is 0 Å². The highest BCUT2D eigenvalue weighted by Gasteiger charge is 2.20. The first kappa shape index (κ1) is 31.2. The van der Waals surface area contributed by atoms with Crippen molar-refractivity contribution < 1.29 is 4.42 Å². The maximum absolute atomic E-state index is 6.54. The zero-order valence-electron chi connectivity index (χ0n) is 29.9. The van der Waals surface area contributed by atoms with E-state index in [9.17, 15) is 0 Å². The smallest absolute Gasteiger partial charge is 0.164 e. The summed E-state index contributed by atoms with van der Waals surface area (Å²) in [5, 5.41) is 11.9. The molecule has 9 aromatic carbocycles. The Balaban J connectivity index is 1.06. The van der Waals surface area contributed by atoms with Crippen LogP contribution in [-0.4, -0.2) is 15.0 Å². The summed E-state index contributed by atoms with van der Waals surface area (Å²) in [5.74, 6) is 1.85. The van der Waals surface area contributed by atoms with E-state index in [4.69, 9.17) is 19.4 Å². The summed E-state index contributed by atoms with van der Waals surface area (Å²) in [6, 6.07) is 62.1. The number of benzene rings is 9. The van der Waals surface area contributed by atoms with Crippen molar-refractivity contribution in [3.63, 3.8) is 0 Å². The van der Waals surface area contributed by atoms with Gasteiger partial charge in [-0.3, -0.25) is 0 Å². The molecular formula is C51H29N3OS. The maximum atomic E-state index is 6.54. The lowest BCUT2D eigenvalue weighted by Gasteiger charge is -2.11. The molecule has 0 aliphatic rings. The molecule has 260 valence electrons. The zero-order chi connectivity index (χ0) is 36.7. The number of aromatic nitrogens is 3. The van der Waals surface area contributed by atoms with E-state index in [1.54, 1.807) is 0 Å². The molecule has 56 heavy (non-hydrogen) atoms. The van der Waals surface area contributed by atoms with Crippen LogP contribution in [0.25, 0.3) is 120 Å². The van der Waals surface area contributed by atoms with E-state index in [-0.39, 0.29) is 0 Å². The topological polar surface area (TPSA) is 51.8 Å². The summed E-state index contributed by atoms with van der Waals surface area (Å²) in [5.41, 5.74) is 6.72. The molecule has 0 radical (unpaired) electrons. The van der Waals surface area contributed by atoms with Crippen LogP contribution in [0, 0.1) is 0 Å². The molecule has 0 N–H and O–H groups in total. The molecule has 3 aromatic heterocycles. The Morgan fingerprint density at radius 1 is 0.357 bits per heavy atom. The predicted octanol–water partition coefficient (Wildman–Crippen LogP) is 14.3. The molecule has 0 bridgehead atoms. The monoisotopic (exact) mass is 731 g/mol. The van der Waals surface area contributed by atoms with Gasteiger partial charge in [0, 0.05) is 47.6 Å². The lowest BCUT2D eigenvalue weighted by atomic mass is 9.96. The van der Waals surface area contributed by atoms with E-state index in [0.29, 0.717) is 17.5 Å². The van der Waals surface area contributed by atoms with Crippen LogP contribution in [0.2, 0.25) is 0 Å². The summed E-state index contributed by atoms with van der Waals surface area (Å²) >= 11 is 1.87. The summed E-state index contributed by atoms with van der Waals surface area (Å²) in [6.45, 7) is 0. The molecule has 12 aromatic rings. The highest BCUT2D eigenvalue weighted by molar-refractivity contribution is 7.26. The fourth-order valence-electron chi connectivity index (χ4n) is 8.47. The van der Waals surface area contributed by atoms with Crippen LogP contribution in [0.1, 0.15) is 0 Å². The number of hydrogen-bond acceptors (Lipinski definition) is 5. The van der Waals surface area contributed by atoms with Crippen LogP contribution in [0.3, 0.4) is 0 Å². The van der Waals surface area contributed by atoms with Crippen molar-refractivity contribution in [3.05, 3.63) is 176 Å². The van der Waals surface area contributed by atoms with E-state index >= 15 is 0 Å². The first-order valence-electron chi connectivity index (χ1n) is 18.8. The third kappa shape index (κ3) is 4.81. The Morgan fingerprint density at radius 3 is 1.91 bits per heavy atom. The van der Waals surface area contributed by atoms with Crippen molar-refractivity contribution in [2.75, 3.05) is 0 Å². The number of rotatable bonds is 4. The molecule has 0 saturated heterocycles. The van der Waals surface area contributed by atoms with Gasteiger partial charge >= 0.3 is 0 Å². The van der Waals surface area contributed by atoms with Crippen molar-refractivity contribution >= 4 is 85.8 Å². The lowest BCUT2D eigenvalue weighted by molar-refractivity contribution is 0.669. The molecule has 0 amide bonds. The van der Waals surface area contributed by atoms with E-state index in [1.165, 1.54) is 52.7 Å². The first-order chi connectivity index (χ1) is 27.7. The fourth-order valence-corrected chi connectivity index (χ4v) is 9.73. The highest BCUT2D eigenvalue weighted by Crippen LogP contribution is 2.45. The Hall–Kier alpha value is -7.21. The average molecular weight is 732 g/mol. The molecule has 0 fully saturated rings. The highest BCUT2D eigenvalue weighted by atomic mass is 32.1. The molecule has 3 heterocycles. The van der Waals surface area contributed by atoms with Gasteiger partial charge in [0.15, 0.2) is 17.5 Å². The van der Waals surface area contributed by atoms with E-state index in [1.807, 2.05) is 53.8 Å². The summed E-state index contributed by atoms with van der Waals surface area (Å²) in [7, 11) is 0. The summed E-state index contributed by atoms with van der Waals surface area (Å²) in [4.78, 5) is 15.4. The quantitative estimate of drug-likeness (QED) is 0.169. The third-order valence-corrected chi connectivity index (χ3v) is 12.3. The SMILES string of the molecule is c1ccc(-c2nc(-c3ccc4c(ccc5ccccc54)c3)nc(-c3cccc4oc5ccc(-c6cccc7sc8c9ccccc9ccc8c67)cc5c34)n2)cc1. The van der Waals surface area contributed by atoms with Gasteiger partial charge in [0.25, 0.3) is 0 Å². The van der Waals surface area contributed by atoms with Crippen LogP contribution in [-0.2, 0) is 0 Å². The molecule has 12 rings (SSSR count). The van der Waals surface area contributed by atoms with Gasteiger partial charge in [0.05, 0.1) is 0 Å². The second-order valence-electron chi connectivity index (χ2n) is 14.3. The van der Waals surface area contributed by atoms with Crippen molar-refractivity contribution in [1.29, 1.82) is 0 Å². The van der Waals surface area contributed by atoms with Gasteiger partial charge in [0.1, 0.15) is 11.2 Å². The molecule has 0 aliphatic carbocycles. The maximum Gasteiger partial charge on any atom is 0.164 e. The number of nitrogens with zero attached hydrogens (tertiary/aromatic N) is 3. The molecule has 5 heteroatoms. The molecule has 0 spiro atoms. The minimum absolute atomic E-state index is 0.601. The molecular weight excluding hydrogens is 703 g/mol. The molecule has 0 unspecified atom stereocenters. The largest absolute Gasteiger partial charge is 0.456 e. The van der Waals surface area contributed by atoms with Crippen molar-refractivity contribution in [1.82, 2.24) is 15.0 Å². The van der Waals surface area contributed by atoms with Gasteiger partial charge in [-0.1, -0.05) is 146 Å². The van der Waals surface area contributed by atoms with Crippen molar-refractivity contribution in [2.24, 2.45) is 0 Å². The van der Waals surface area contributed by atoms with E-state index in [0.717, 1.165) is 49.6 Å². The second-order valence-corrected chi connectivity index (χ2v) is 15.4. The molecule has 0 atom stereocenters. The zero-order valence-corrected chi connectivity index (χ0v) is 30.7. The molecule has 4 nitrogen and oxygen atoms in total. The van der Waals surface area contributed by atoms with Gasteiger partial charge in [-0.05, 0) is 73.8 Å². The Bertz CT molecular complexity index is 3550. The summed E-state index contributed by atoms with van der Waals surface area (Å²) < 4.78 is 9.14. The second kappa shape index (κ2) is 12.2. The van der Waals surface area contributed by atoms with Crippen LogP contribution < -0.4 is 0 Å². The Kier molecular flexibility index (Phi) is 6.76. The lowest BCUT2D eigenvalue weighted by Crippen LogP contribution is -2.00. The minimum atomic E-state index is 0.601. The number of fused-ring (bicyclic) bond motifs is 11. The number of hydrogen-bond donors (Lipinski definition) is 0. The van der Waals surface area contributed by atoms with Gasteiger partial charge in [-0.2, -0.15) is 0 Å². The van der Waals surface area contributed by atoms with Crippen molar-refractivity contribution in [3.8, 4) is 45.3 Å². The van der Waals surface area contributed by atoms with Crippen LogP contribution >= 0.6 is 11.3 Å². The Morgan fingerprint density at radius 2 is 1.02 bits per heavy atom. The average Bonchev–Trinajstić information content (AvgIpc) is 3.85. The summed E-state index contributed by atoms with van der Waals surface area (Å²) in [6.07, 6.45) is 0. The minimum Gasteiger partial charge on any atom is -0.456 e. The third-order valence-electron chi connectivity index (χ3n) is 11.1. The molecule has 0 saturated carbocycles. The van der Waals surface area contributed by atoms with Crippen LogP contribution in [0.4, 0.5) is 0 Å². The fraction of sp³-hybridized carbons (Fsp3) is 0. The van der Waals surface area contributed by atoms with E-state index in [2.05, 4.69) is 133 Å². The van der Waals surface area contributed by atoms with Crippen molar-refractivity contribution in [2.45, 2.75) is 0 Å². The van der Waals surface area contributed by atoms with Gasteiger partial charge in [-0.15, -0.1) is 11.3 Å². The normalized spacial score (nSPS) is 11.9. The van der Waals surface area contributed by atoms with Gasteiger partial charge in [-0.25, -0.2) is 15.0 Å². The number of thiophene rings is 1. The predicted molar refractivity (Wildman–Crippen MR) is 234 cm³/mol. The number of furan rings is 1. The van der Waals surface area contributed by atoms with Crippen LogP contribution in [0.5, 0.6) is 0 Å². The van der Waals surface area contributed by atoms with Gasteiger partial charge < -0.3 is 4.42 Å². The van der Waals surface area contributed by atoms with Gasteiger partial charge in [0.2, 0.25) is 0 Å².